The molecule has 0 radical (unpaired) electrons. The van der Waals surface area contributed by atoms with E-state index in [4.69, 9.17) is 9.47 Å². The highest BCUT2D eigenvalue weighted by molar-refractivity contribution is 5.79. The summed E-state index contributed by atoms with van der Waals surface area (Å²) in [6.45, 7) is 4.79. The highest BCUT2D eigenvalue weighted by Crippen LogP contribution is 2.46. The second kappa shape index (κ2) is 10.1. The molecule has 1 aliphatic rings. The van der Waals surface area contributed by atoms with Crippen LogP contribution in [-0.2, 0) is 11.3 Å². The molecule has 1 saturated carbocycles. The van der Waals surface area contributed by atoms with Crippen LogP contribution in [0.15, 0.2) is 53.5 Å². The Hall–Kier alpha value is -2.53. The van der Waals surface area contributed by atoms with Crippen LogP contribution >= 0.6 is 0 Å². The van der Waals surface area contributed by atoms with E-state index in [1.54, 1.807) is 7.11 Å². The number of nitrogens with one attached hydrogen (secondary N) is 2. The molecular formula is C23H31N3O2. The Balaban J connectivity index is 1.48. The minimum Gasteiger partial charge on any atom is -0.491 e. The van der Waals surface area contributed by atoms with Crippen molar-refractivity contribution in [2.24, 2.45) is 10.9 Å². The summed E-state index contributed by atoms with van der Waals surface area (Å²) in [6, 6.07) is 17.0. The van der Waals surface area contributed by atoms with Gasteiger partial charge in [0, 0.05) is 32.8 Å². The Kier molecular flexibility index (Phi) is 7.31. The highest BCUT2D eigenvalue weighted by atomic mass is 16.5. The summed E-state index contributed by atoms with van der Waals surface area (Å²) in [5.41, 5.74) is 3.73. The number of hydrogen-bond acceptors (Lipinski definition) is 3. The van der Waals surface area contributed by atoms with E-state index in [2.05, 4.69) is 71.1 Å². The molecule has 2 aromatic carbocycles. The molecule has 0 spiro atoms. The zero-order chi connectivity index (χ0) is 19.8. The predicted molar refractivity (Wildman–Crippen MR) is 114 cm³/mol. The molecule has 150 valence electrons. The van der Waals surface area contributed by atoms with Crippen LogP contribution in [0, 0.1) is 12.8 Å². The molecule has 2 unspecified atom stereocenters. The SMILES string of the molecule is CN=C(NCc1ccc(C)cc1OCCOC)NCC1CC1c1ccccc1. The van der Waals surface area contributed by atoms with E-state index in [0.717, 1.165) is 23.8 Å². The van der Waals surface area contributed by atoms with Crippen LogP contribution in [0.3, 0.4) is 0 Å². The molecule has 5 nitrogen and oxygen atoms in total. The first-order chi connectivity index (χ1) is 13.7. The van der Waals surface area contributed by atoms with E-state index in [1.165, 1.54) is 17.5 Å². The molecule has 28 heavy (non-hydrogen) atoms. The molecule has 2 atom stereocenters. The maximum Gasteiger partial charge on any atom is 0.191 e. The number of rotatable bonds is 9. The maximum absolute atomic E-state index is 5.87. The molecule has 0 aromatic heterocycles. The van der Waals surface area contributed by atoms with Gasteiger partial charge in [0.2, 0.25) is 0 Å². The Morgan fingerprint density at radius 1 is 1.11 bits per heavy atom. The van der Waals surface area contributed by atoms with Gasteiger partial charge in [0.1, 0.15) is 12.4 Å². The van der Waals surface area contributed by atoms with Gasteiger partial charge in [-0.15, -0.1) is 0 Å². The van der Waals surface area contributed by atoms with Crippen molar-refractivity contribution < 1.29 is 9.47 Å². The molecule has 1 fully saturated rings. The number of ether oxygens (including phenoxy) is 2. The van der Waals surface area contributed by atoms with E-state index < -0.39 is 0 Å². The molecule has 2 N–H and O–H groups in total. The Labute approximate surface area is 168 Å². The fourth-order valence-electron chi connectivity index (χ4n) is 3.39. The molecule has 1 aliphatic carbocycles. The number of benzene rings is 2. The largest absolute Gasteiger partial charge is 0.491 e. The molecule has 0 saturated heterocycles. The summed E-state index contributed by atoms with van der Waals surface area (Å²) in [6.07, 6.45) is 1.24. The lowest BCUT2D eigenvalue weighted by molar-refractivity contribution is 0.145. The summed E-state index contributed by atoms with van der Waals surface area (Å²) >= 11 is 0. The van der Waals surface area contributed by atoms with Gasteiger partial charge in [0.25, 0.3) is 0 Å². The van der Waals surface area contributed by atoms with Gasteiger partial charge in [0.15, 0.2) is 5.96 Å². The normalized spacial score (nSPS) is 18.6. The van der Waals surface area contributed by atoms with E-state index in [1.807, 2.05) is 7.05 Å². The first-order valence-corrected chi connectivity index (χ1v) is 9.92. The van der Waals surface area contributed by atoms with Crippen LogP contribution < -0.4 is 15.4 Å². The van der Waals surface area contributed by atoms with Crippen LogP contribution in [0.2, 0.25) is 0 Å². The fraction of sp³-hybridized carbons (Fsp3) is 0.435. The molecule has 5 heteroatoms. The lowest BCUT2D eigenvalue weighted by atomic mass is 10.1. The van der Waals surface area contributed by atoms with Crippen molar-refractivity contribution in [3.05, 3.63) is 65.2 Å². The summed E-state index contributed by atoms with van der Waals surface area (Å²) in [4.78, 5) is 4.36. The summed E-state index contributed by atoms with van der Waals surface area (Å²) in [5.74, 6) is 3.06. The van der Waals surface area contributed by atoms with Crippen molar-refractivity contribution in [1.82, 2.24) is 10.6 Å². The number of methoxy groups -OCH3 is 1. The van der Waals surface area contributed by atoms with Gasteiger partial charge in [0.05, 0.1) is 6.61 Å². The van der Waals surface area contributed by atoms with E-state index in [9.17, 15) is 0 Å². The Morgan fingerprint density at radius 2 is 1.93 bits per heavy atom. The van der Waals surface area contributed by atoms with Crippen molar-refractivity contribution in [2.45, 2.75) is 25.8 Å². The zero-order valence-corrected chi connectivity index (χ0v) is 17.1. The number of aryl methyl sites for hydroxylation is 1. The van der Waals surface area contributed by atoms with Gasteiger partial charge in [-0.05, 0) is 42.4 Å². The lowest BCUT2D eigenvalue weighted by Crippen LogP contribution is -2.38. The third kappa shape index (κ3) is 5.73. The summed E-state index contributed by atoms with van der Waals surface area (Å²) in [7, 11) is 3.49. The number of hydrogen-bond donors (Lipinski definition) is 2. The average molecular weight is 382 g/mol. The van der Waals surface area contributed by atoms with Gasteiger partial charge in [-0.3, -0.25) is 4.99 Å². The number of nitrogens with zero attached hydrogens (tertiary/aromatic N) is 1. The summed E-state index contributed by atoms with van der Waals surface area (Å²) < 4.78 is 11.0. The minimum absolute atomic E-state index is 0.544. The Bertz CT molecular complexity index is 777. The van der Waals surface area contributed by atoms with Gasteiger partial charge in [-0.25, -0.2) is 0 Å². The minimum atomic E-state index is 0.544. The second-order valence-electron chi connectivity index (χ2n) is 7.27. The van der Waals surface area contributed by atoms with Gasteiger partial charge in [-0.2, -0.15) is 0 Å². The molecule has 2 aromatic rings. The zero-order valence-electron chi connectivity index (χ0n) is 17.1. The standard InChI is InChI=1S/C23H31N3O2/c1-17-9-10-19(22(13-17)28-12-11-27-3)15-25-23(24-2)26-16-20-14-21(20)18-7-5-4-6-8-18/h4-10,13,20-21H,11-12,14-16H2,1-3H3,(H2,24,25,26). The average Bonchev–Trinajstić information content (AvgIpc) is 3.50. The second-order valence-corrected chi connectivity index (χ2v) is 7.27. The number of guanidine groups is 1. The van der Waals surface area contributed by atoms with Crippen molar-refractivity contribution in [3.8, 4) is 5.75 Å². The van der Waals surface area contributed by atoms with E-state index in [0.29, 0.717) is 31.6 Å². The van der Waals surface area contributed by atoms with Gasteiger partial charge >= 0.3 is 0 Å². The van der Waals surface area contributed by atoms with Crippen molar-refractivity contribution in [3.63, 3.8) is 0 Å². The molecule has 3 rings (SSSR count). The van der Waals surface area contributed by atoms with Crippen LogP contribution in [0.1, 0.15) is 29.0 Å². The van der Waals surface area contributed by atoms with Gasteiger partial charge in [-0.1, -0.05) is 42.5 Å². The van der Waals surface area contributed by atoms with Crippen LogP contribution in [0.5, 0.6) is 5.75 Å². The fourth-order valence-corrected chi connectivity index (χ4v) is 3.39. The molecular weight excluding hydrogens is 350 g/mol. The third-order valence-corrected chi connectivity index (χ3v) is 5.12. The highest BCUT2D eigenvalue weighted by Gasteiger charge is 2.37. The van der Waals surface area contributed by atoms with Gasteiger partial charge < -0.3 is 20.1 Å². The first kappa shape index (κ1) is 20.2. The van der Waals surface area contributed by atoms with E-state index >= 15 is 0 Å². The molecule has 0 bridgehead atoms. The van der Waals surface area contributed by atoms with Crippen molar-refractivity contribution in [1.29, 1.82) is 0 Å². The lowest BCUT2D eigenvalue weighted by Gasteiger charge is -2.15. The predicted octanol–water partition coefficient (Wildman–Crippen LogP) is 3.49. The summed E-state index contributed by atoms with van der Waals surface area (Å²) in [5, 5.41) is 6.86. The molecule has 0 amide bonds. The smallest absolute Gasteiger partial charge is 0.191 e. The quantitative estimate of drug-likeness (QED) is 0.397. The monoisotopic (exact) mass is 381 g/mol. The van der Waals surface area contributed by atoms with Crippen LogP contribution in [0.25, 0.3) is 0 Å². The number of aliphatic imine (C=N–C) groups is 1. The van der Waals surface area contributed by atoms with Crippen molar-refractivity contribution >= 4 is 5.96 Å². The molecule has 0 heterocycles. The third-order valence-electron chi connectivity index (χ3n) is 5.12. The Morgan fingerprint density at radius 3 is 2.68 bits per heavy atom. The maximum atomic E-state index is 5.87. The van der Waals surface area contributed by atoms with Crippen LogP contribution in [-0.4, -0.2) is 39.9 Å². The van der Waals surface area contributed by atoms with Crippen molar-refractivity contribution in [2.75, 3.05) is 33.9 Å². The van der Waals surface area contributed by atoms with E-state index in [-0.39, 0.29) is 0 Å². The molecule has 0 aliphatic heterocycles. The van der Waals surface area contributed by atoms with Crippen LogP contribution in [0.4, 0.5) is 0 Å². The first-order valence-electron chi connectivity index (χ1n) is 9.92. The topological polar surface area (TPSA) is 54.9 Å².